The molecule has 1 amide bonds. The maximum atomic E-state index is 13.7. The van der Waals surface area contributed by atoms with Crippen molar-refractivity contribution in [2.75, 3.05) is 64.2 Å². The van der Waals surface area contributed by atoms with Crippen LogP contribution in [0.2, 0.25) is 0 Å². The zero-order chi connectivity index (χ0) is 32.1. The van der Waals surface area contributed by atoms with Gasteiger partial charge in [-0.1, -0.05) is 37.1 Å². The van der Waals surface area contributed by atoms with Gasteiger partial charge in [0.1, 0.15) is 12.1 Å². The summed E-state index contributed by atoms with van der Waals surface area (Å²) in [4.78, 5) is 25.6. The van der Waals surface area contributed by atoms with Crippen LogP contribution in [0, 0.1) is 0 Å². The molecule has 0 aliphatic carbocycles. The predicted octanol–water partition coefficient (Wildman–Crippen LogP) is 4.93. The first-order chi connectivity index (χ1) is 21.8. The number of benzene rings is 1. The van der Waals surface area contributed by atoms with E-state index in [1.54, 1.807) is 13.3 Å². The molecule has 0 radical (unpaired) electrons. The number of carbonyl (C=O) groups excluding carboxylic acids is 1. The van der Waals surface area contributed by atoms with Crippen LogP contribution in [-0.4, -0.2) is 88.1 Å². The Labute approximate surface area is 271 Å². The maximum absolute atomic E-state index is 13.7. The number of rotatable bonds is 19. The van der Waals surface area contributed by atoms with Gasteiger partial charge in [-0.2, -0.15) is 8.42 Å². The quantitative estimate of drug-likeness (QED) is 0.135. The first-order valence-corrected chi connectivity index (χ1v) is 18.3. The van der Waals surface area contributed by atoms with Gasteiger partial charge in [0, 0.05) is 31.3 Å². The van der Waals surface area contributed by atoms with Gasteiger partial charge in [-0.25, -0.2) is 9.97 Å². The fraction of sp³-hybridized carbons (Fsp3) is 0.594. The van der Waals surface area contributed by atoms with Gasteiger partial charge in [-0.15, -0.1) is 11.3 Å². The van der Waals surface area contributed by atoms with Gasteiger partial charge < -0.3 is 25.0 Å². The summed E-state index contributed by atoms with van der Waals surface area (Å²) < 4.78 is 40.3. The van der Waals surface area contributed by atoms with Crippen molar-refractivity contribution in [3.63, 3.8) is 0 Å². The average Bonchev–Trinajstić information content (AvgIpc) is 3.43. The minimum absolute atomic E-state index is 0.0101. The number of carbonyl (C=O) groups is 1. The lowest BCUT2D eigenvalue weighted by atomic mass is 10.0. The number of amides is 1. The first kappa shape index (κ1) is 35.2. The highest BCUT2D eigenvalue weighted by Crippen LogP contribution is 2.37. The summed E-state index contributed by atoms with van der Waals surface area (Å²) in [5, 5.41) is 6.71. The summed E-state index contributed by atoms with van der Waals surface area (Å²) in [7, 11) is -1.48. The Bertz CT molecular complexity index is 1480. The van der Waals surface area contributed by atoms with Gasteiger partial charge in [0.05, 0.1) is 47.3 Å². The van der Waals surface area contributed by atoms with Crippen LogP contribution in [0.5, 0.6) is 0 Å². The SMILES string of the molecule is CCS(=O)(=O)OCCCCCCc1c(C(=O)N2CCOCC2)sc2c(NC(C)c3cccc(COCCCNC)c3)ncnc12. The molecule has 4 rings (SSSR count). The Morgan fingerprint density at radius 3 is 2.69 bits per heavy atom. The van der Waals surface area contributed by atoms with Crippen LogP contribution in [0.3, 0.4) is 0 Å². The van der Waals surface area contributed by atoms with Crippen molar-refractivity contribution >= 4 is 43.4 Å². The molecule has 0 saturated carbocycles. The molecule has 248 valence electrons. The van der Waals surface area contributed by atoms with E-state index in [2.05, 4.69) is 45.7 Å². The van der Waals surface area contributed by atoms with Crippen LogP contribution in [0.4, 0.5) is 5.82 Å². The minimum Gasteiger partial charge on any atom is -0.378 e. The maximum Gasteiger partial charge on any atom is 0.267 e. The lowest BCUT2D eigenvalue weighted by Gasteiger charge is -2.26. The lowest BCUT2D eigenvalue weighted by Crippen LogP contribution is -2.40. The number of fused-ring (bicyclic) bond motifs is 1. The predicted molar refractivity (Wildman–Crippen MR) is 178 cm³/mol. The second kappa shape index (κ2) is 17.9. The number of thiophene rings is 1. The third kappa shape index (κ3) is 10.4. The van der Waals surface area contributed by atoms with E-state index in [0.29, 0.717) is 63.1 Å². The molecule has 1 atom stereocenters. The number of morpholine rings is 1. The van der Waals surface area contributed by atoms with Crippen molar-refractivity contribution in [2.24, 2.45) is 0 Å². The molecule has 45 heavy (non-hydrogen) atoms. The molecule has 1 saturated heterocycles. The standard InChI is InChI=1S/C32H47N5O6S2/c1-4-45(39,40)43-18-8-6-5-7-13-27-28-30(44-29(27)32(38)37-15-19-41-20-16-37)31(35-23-34-28)36-24(2)26-12-9-11-25(21-26)22-42-17-10-14-33-3/h9,11-12,21,23-24,33H,4-8,10,13-20,22H2,1-3H3,(H,34,35,36). The highest BCUT2D eigenvalue weighted by atomic mass is 32.2. The van der Waals surface area contributed by atoms with Crippen LogP contribution >= 0.6 is 11.3 Å². The summed E-state index contributed by atoms with van der Waals surface area (Å²) >= 11 is 1.46. The molecule has 1 aromatic carbocycles. The van der Waals surface area contributed by atoms with Crippen LogP contribution in [0.25, 0.3) is 10.2 Å². The van der Waals surface area contributed by atoms with E-state index < -0.39 is 10.1 Å². The monoisotopic (exact) mass is 661 g/mol. The van der Waals surface area contributed by atoms with E-state index in [1.807, 2.05) is 18.0 Å². The van der Waals surface area contributed by atoms with Crippen molar-refractivity contribution < 1.29 is 26.9 Å². The van der Waals surface area contributed by atoms with Gasteiger partial charge in [-0.3, -0.25) is 8.98 Å². The second-order valence-corrected chi connectivity index (χ2v) is 14.1. The first-order valence-electron chi connectivity index (χ1n) is 15.9. The zero-order valence-corrected chi connectivity index (χ0v) is 28.3. The number of hydrogen-bond acceptors (Lipinski definition) is 11. The van der Waals surface area contributed by atoms with Gasteiger partial charge in [-0.05, 0) is 64.3 Å². The van der Waals surface area contributed by atoms with Crippen LogP contribution < -0.4 is 10.6 Å². The fourth-order valence-electron chi connectivity index (χ4n) is 5.18. The Morgan fingerprint density at radius 1 is 1.11 bits per heavy atom. The van der Waals surface area contributed by atoms with Crippen molar-refractivity contribution in [1.82, 2.24) is 20.2 Å². The molecule has 0 bridgehead atoms. The van der Waals surface area contributed by atoms with E-state index in [0.717, 1.165) is 59.1 Å². The number of anilines is 1. The molecule has 0 spiro atoms. The summed E-state index contributed by atoms with van der Waals surface area (Å²) in [5.74, 6) is 0.702. The second-order valence-electron chi connectivity index (χ2n) is 11.2. The zero-order valence-electron chi connectivity index (χ0n) is 26.7. The summed E-state index contributed by atoms with van der Waals surface area (Å²) in [6, 6.07) is 8.34. The Morgan fingerprint density at radius 2 is 1.91 bits per heavy atom. The molecule has 1 fully saturated rings. The van der Waals surface area contributed by atoms with Crippen molar-refractivity contribution in [3.8, 4) is 0 Å². The number of nitrogens with one attached hydrogen (secondary N) is 2. The van der Waals surface area contributed by atoms with Gasteiger partial charge >= 0.3 is 0 Å². The van der Waals surface area contributed by atoms with E-state index in [9.17, 15) is 13.2 Å². The molecule has 3 aromatic rings. The number of nitrogens with zero attached hydrogens (tertiary/aromatic N) is 3. The van der Waals surface area contributed by atoms with Gasteiger partial charge in [0.25, 0.3) is 16.0 Å². The van der Waals surface area contributed by atoms with E-state index in [-0.39, 0.29) is 24.3 Å². The fourth-order valence-corrected chi connectivity index (χ4v) is 6.94. The highest BCUT2D eigenvalue weighted by Gasteiger charge is 2.27. The Kier molecular flexibility index (Phi) is 14.0. The number of ether oxygens (including phenoxy) is 2. The Hall–Kier alpha value is -2.68. The molecule has 11 nitrogen and oxygen atoms in total. The minimum atomic E-state index is -3.42. The summed E-state index contributed by atoms with van der Waals surface area (Å²) in [6.45, 7) is 8.28. The van der Waals surface area contributed by atoms with Crippen molar-refractivity contribution in [2.45, 2.75) is 65.0 Å². The van der Waals surface area contributed by atoms with Crippen LogP contribution in [0.15, 0.2) is 30.6 Å². The summed E-state index contributed by atoms with van der Waals surface area (Å²) in [6.07, 6.45) is 6.48. The highest BCUT2D eigenvalue weighted by molar-refractivity contribution is 7.86. The smallest absolute Gasteiger partial charge is 0.267 e. The van der Waals surface area contributed by atoms with E-state index in [4.69, 9.17) is 13.7 Å². The van der Waals surface area contributed by atoms with Gasteiger partial charge in [0.15, 0.2) is 0 Å². The molecule has 2 aromatic heterocycles. The molecular formula is C32H47N5O6S2. The molecule has 2 N–H and O–H groups in total. The molecular weight excluding hydrogens is 615 g/mol. The molecule has 1 aliphatic heterocycles. The van der Waals surface area contributed by atoms with Gasteiger partial charge in [0.2, 0.25) is 0 Å². The van der Waals surface area contributed by atoms with E-state index in [1.165, 1.54) is 11.3 Å². The molecule has 13 heteroatoms. The molecule has 1 unspecified atom stereocenters. The Balaban J connectivity index is 1.47. The normalized spacial score (nSPS) is 14.6. The molecule has 3 heterocycles. The van der Waals surface area contributed by atoms with Crippen LogP contribution in [-0.2, 0) is 36.8 Å². The van der Waals surface area contributed by atoms with Crippen molar-refractivity contribution in [3.05, 3.63) is 52.2 Å². The molecule has 1 aliphatic rings. The number of aromatic nitrogens is 2. The van der Waals surface area contributed by atoms with E-state index >= 15 is 0 Å². The average molecular weight is 662 g/mol. The third-order valence-electron chi connectivity index (χ3n) is 7.79. The third-order valence-corrected chi connectivity index (χ3v) is 10.2. The largest absolute Gasteiger partial charge is 0.378 e. The number of hydrogen-bond donors (Lipinski definition) is 2. The number of unbranched alkanes of at least 4 members (excludes halogenated alkanes) is 3. The lowest BCUT2D eigenvalue weighted by molar-refractivity contribution is 0.0305. The summed E-state index contributed by atoms with van der Waals surface area (Å²) in [5.41, 5.74) is 4.00. The topological polar surface area (TPSA) is 132 Å². The van der Waals surface area contributed by atoms with Crippen molar-refractivity contribution in [1.29, 1.82) is 0 Å². The van der Waals surface area contributed by atoms with Crippen LogP contribution in [0.1, 0.15) is 78.4 Å². The number of aryl methyl sites for hydroxylation is 1.